The molecule has 0 aliphatic carbocycles. The Hall–Kier alpha value is -2.48. The molecular weight excluding hydrogens is 328 g/mol. The minimum Gasteiger partial charge on any atom is -0.351 e. The maximum Gasteiger partial charge on any atom is 0.269 e. The van der Waals surface area contributed by atoms with Crippen molar-refractivity contribution in [3.63, 3.8) is 0 Å². The highest BCUT2D eigenvalue weighted by molar-refractivity contribution is 7.80. The van der Waals surface area contributed by atoms with Gasteiger partial charge in [-0.25, -0.2) is 0 Å². The second-order valence-corrected chi connectivity index (χ2v) is 7.03. The fourth-order valence-corrected chi connectivity index (χ4v) is 2.74. The van der Waals surface area contributed by atoms with Crippen LogP contribution in [0, 0.1) is 10.1 Å². The van der Waals surface area contributed by atoms with Gasteiger partial charge in [-0.15, -0.1) is 0 Å². The smallest absolute Gasteiger partial charge is 0.269 e. The average Bonchev–Trinajstić information content (AvgIpc) is 2.44. The van der Waals surface area contributed by atoms with E-state index in [0.29, 0.717) is 21.9 Å². The standard InChI is InChI=1S/C16H20N4O3S/c1-9-12(14(21)19-16(2,3)4)13(18-15(24)17-9)10-6-5-7-11(8-10)20(22)23/h5-8,13H,1-4H3,(H,19,21)(H2,17,18,24)/t13-/m0/s1. The Morgan fingerprint density at radius 2 is 2.04 bits per heavy atom. The van der Waals surface area contributed by atoms with Gasteiger partial charge in [0.25, 0.3) is 11.6 Å². The molecule has 0 saturated carbocycles. The lowest BCUT2D eigenvalue weighted by Crippen LogP contribution is -2.49. The molecule has 0 radical (unpaired) electrons. The molecule has 1 aliphatic rings. The van der Waals surface area contributed by atoms with Crippen LogP contribution in [-0.4, -0.2) is 21.5 Å². The van der Waals surface area contributed by atoms with Crippen LogP contribution in [0.4, 0.5) is 5.69 Å². The Morgan fingerprint density at radius 1 is 1.38 bits per heavy atom. The Morgan fingerprint density at radius 3 is 2.62 bits per heavy atom. The number of non-ortho nitro benzene ring substituents is 1. The van der Waals surface area contributed by atoms with Crippen molar-refractivity contribution in [1.82, 2.24) is 16.0 Å². The van der Waals surface area contributed by atoms with E-state index in [4.69, 9.17) is 12.2 Å². The molecule has 0 unspecified atom stereocenters. The molecule has 0 aromatic heterocycles. The number of nitrogens with one attached hydrogen (secondary N) is 3. The van der Waals surface area contributed by atoms with E-state index in [1.165, 1.54) is 12.1 Å². The summed E-state index contributed by atoms with van der Waals surface area (Å²) in [4.78, 5) is 23.3. The molecule has 24 heavy (non-hydrogen) atoms. The molecule has 1 atom stereocenters. The van der Waals surface area contributed by atoms with E-state index < -0.39 is 16.5 Å². The molecule has 1 aliphatic heterocycles. The maximum atomic E-state index is 12.7. The van der Waals surface area contributed by atoms with Crippen molar-refractivity contribution in [2.45, 2.75) is 39.3 Å². The number of carbonyl (C=O) groups excluding carboxylic acids is 1. The number of benzene rings is 1. The third kappa shape index (κ3) is 4.08. The molecule has 1 amide bonds. The number of rotatable bonds is 3. The molecule has 0 saturated heterocycles. The minimum atomic E-state index is -0.555. The van der Waals surface area contributed by atoms with E-state index in [2.05, 4.69) is 16.0 Å². The highest BCUT2D eigenvalue weighted by Gasteiger charge is 2.32. The Labute approximate surface area is 145 Å². The Bertz CT molecular complexity index is 737. The van der Waals surface area contributed by atoms with Crippen LogP contribution >= 0.6 is 12.2 Å². The van der Waals surface area contributed by atoms with Crippen molar-refractivity contribution in [1.29, 1.82) is 0 Å². The molecule has 128 valence electrons. The van der Waals surface area contributed by atoms with Gasteiger partial charge in [-0.1, -0.05) is 12.1 Å². The second kappa shape index (κ2) is 6.56. The van der Waals surface area contributed by atoms with Crippen molar-refractivity contribution in [2.24, 2.45) is 0 Å². The minimum absolute atomic E-state index is 0.0352. The van der Waals surface area contributed by atoms with Crippen LogP contribution in [0.5, 0.6) is 0 Å². The van der Waals surface area contributed by atoms with Crippen LogP contribution in [0.3, 0.4) is 0 Å². The SMILES string of the molecule is CC1=C(C(=O)NC(C)(C)C)[C@H](c2cccc([N+](=O)[O-])c2)NC(=S)N1. The van der Waals surface area contributed by atoms with Gasteiger partial charge in [-0.2, -0.15) is 0 Å². The van der Waals surface area contributed by atoms with Crippen LogP contribution in [0.15, 0.2) is 35.5 Å². The van der Waals surface area contributed by atoms with Crippen LogP contribution in [0.1, 0.15) is 39.3 Å². The summed E-state index contributed by atoms with van der Waals surface area (Å²) in [5.74, 6) is -0.251. The molecule has 1 aromatic rings. The van der Waals surface area contributed by atoms with Gasteiger partial charge in [-0.3, -0.25) is 14.9 Å². The van der Waals surface area contributed by atoms with Crippen molar-refractivity contribution in [2.75, 3.05) is 0 Å². The van der Waals surface area contributed by atoms with Gasteiger partial charge in [0.15, 0.2) is 5.11 Å². The second-order valence-electron chi connectivity index (χ2n) is 6.63. The fourth-order valence-electron chi connectivity index (χ4n) is 2.47. The molecule has 1 heterocycles. The number of amides is 1. The number of thiocarbonyl (C=S) groups is 1. The van der Waals surface area contributed by atoms with Crippen LogP contribution in [0.2, 0.25) is 0 Å². The van der Waals surface area contributed by atoms with Crippen molar-refractivity contribution >= 4 is 28.9 Å². The summed E-state index contributed by atoms with van der Waals surface area (Å²) in [6.45, 7) is 7.42. The van der Waals surface area contributed by atoms with Crippen LogP contribution < -0.4 is 16.0 Å². The predicted molar refractivity (Wildman–Crippen MR) is 95.3 cm³/mol. The summed E-state index contributed by atoms with van der Waals surface area (Å²) in [6, 6.07) is 5.63. The quantitative estimate of drug-likeness (QED) is 0.441. The van der Waals surface area contributed by atoms with Crippen LogP contribution in [0.25, 0.3) is 0 Å². The lowest BCUT2D eigenvalue weighted by molar-refractivity contribution is -0.384. The average molecular weight is 348 g/mol. The van der Waals surface area contributed by atoms with E-state index in [-0.39, 0.29) is 11.6 Å². The summed E-state index contributed by atoms with van der Waals surface area (Å²) in [7, 11) is 0. The number of carbonyl (C=O) groups is 1. The van der Waals surface area contributed by atoms with Gasteiger partial charge in [0.05, 0.1) is 16.5 Å². The third-order valence-corrected chi connectivity index (χ3v) is 3.64. The summed E-state index contributed by atoms with van der Waals surface area (Å²) < 4.78 is 0. The molecule has 0 spiro atoms. The lowest BCUT2D eigenvalue weighted by Gasteiger charge is -2.32. The molecular formula is C16H20N4O3S. The fraction of sp³-hybridized carbons (Fsp3) is 0.375. The van der Waals surface area contributed by atoms with Gasteiger partial charge in [-0.05, 0) is 45.5 Å². The molecule has 0 bridgehead atoms. The first-order valence-electron chi connectivity index (χ1n) is 7.43. The number of nitrogens with zero attached hydrogens (tertiary/aromatic N) is 1. The number of hydrogen-bond acceptors (Lipinski definition) is 4. The van der Waals surface area contributed by atoms with Crippen LogP contribution in [-0.2, 0) is 4.79 Å². The monoisotopic (exact) mass is 348 g/mol. The van der Waals surface area contributed by atoms with Gasteiger partial charge < -0.3 is 16.0 Å². The number of nitro groups is 1. The number of hydrogen-bond donors (Lipinski definition) is 3. The first kappa shape index (κ1) is 17.9. The topological polar surface area (TPSA) is 96.3 Å². The van der Waals surface area contributed by atoms with E-state index in [9.17, 15) is 14.9 Å². The van der Waals surface area contributed by atoms with Crippen molar-refractivity contribution < 1.29 is 9.72 Å². The molecule has 8 heteroatoms. The zero-order chi connectivity index (χ0) is 18.1. The van der Waals surface area contributed by atoms with Gasteiger partial charge in [0.2, 0.25) is 0 Å². The Kier molecular flexibility index (Phi) is 4.88. The predicted octanol–water partition coefficient (Wildman–Crippen LogP) is 2.30. The van der Waals surface area contributed by atoms with Gasteiger partial charge >= 0.3 is 0 Å². The maximum absolute atomic E-state index is 12.7. The molecule has 3 N–H and O–H groups in total. The first-order chi connectivity index (χ1) is 11.1. The van der Waals surface area contributed by atoms with E-state index in [0.717, 1.165) is 0 Å². The van der Waals surface area contributed by atoms with Crippen molar-refractivity contribution in [3.8, 4) is 0 Å². The van der Waals surface area contributed by atoms with Gasteiger partial charge in [0, 0.05) is 23.4 Å². The highest BCUT2D eigenvalue weighted by atomic mass is 32.1. The molecule has 1 aromatic carbocycles. The third-order valence-electron chi connectivity index (χ3n) is 3.42. The lowest BCUT2D eigenvalue weighted by atomic mass is 9.94. The number of allylic oxidation sites excluding steroid dienone is 1. The zero-order valence-corrected chi connectivity index (χ0v) is 14.8. The largest absolute Gasteiger partial charge is 0.351 e. The van der Waals surface area contributed by atoms with E-state index >= 15 is 0 Å². The summed E-state index contributed by atoms with van der Waals surface area (Å²) in [5, 5.41) is 20.3. The normalized spacial score (nSPS) is 17.8. The molecule has 2 rings (SSSR count). The Balaban J connectivity index is 2.47. The van der Waals surface area contributed by atoms with Crippen molar-refractivity contribution in [3.05, 3.63) is 51.2 Å². The van der Waals surface area contributed by atoms with Gasteiger partial charge in [0.1, 0.15) is 0 Å². The number of nitro benzene ring substituents is 1. The summed E-state index contributed by atoms with van der Waals surface area (Å²) in [5.41, 5.74) is 1.24. The zero-order valence-electron chi connectivity index (χ0n) is 14.0. The highest BCUT2D eigenvalue weighted by Crippen LogP contribution is 2.29. The summed E-state index contributed by atoms with van der Waals surface area (Å²) in [6.07, 6.45) is 0. The molecule has 7 nitrogen and oxygen atoms in total. The van der Waals surface area contributed by atoms with E-state index in [1.54, 1.807) is 19.1 Å². The first-order valence-corrected chi connectivity index (χ1v) is 7.84. The summed E-state index contributed by atoms with van der Waals surface area (Å²) >= 11 is 5.17. The molecule has 0 fully saturated rings. The van der Waals surface area contributed by atoms with E-state index in [1.807, 2.05) is 20.8 Å².